The van der Waals surface area contributed by atoms with Crippen molar-refractivity contribution in [2.45, 2.75) is 39.7 Å². The van der Waals surface area contributed by atoms with Crippen LogP contribution in [0.1, 0.15) is 34.1 Å². The van der Waals surface area contributed by atoms with Crippen molar-refractivity contribution in [1.29, 1.82) is 0 Å². The molecule has 0 aliphatic rings. The van der Waals surface area contributed by atoms with Crippen LogP contribution in [0.4, 0.5) is 4.79 Å². The van der Waals surface area contributed by atoms with Crippen LogP contribution in [0.25, 0.3) is 0 Å². The summed E-state index contributed by atoms with van der Waals surface area (Å²) in [6.45, 7) is 6.25. The molecule has 0 atom stereocenters. The van der Waals surface area contributed by atoms with Gasteiger partial charge in [-0.25, -0.2) is 9.69 Å². The number of hydrogen-bond donors (Lipinski definition) is 0. The van der Waals surface area contributed by atoms with E-state index in [1.165, 1.54) is 14.0 Å². The molecule has 0 N–H and O–H groups in total. The highest BCUT2D eigenvalue weighted by molar-refractivity contribution is 5.92. The van der Waals surface area contributed by atoms with Crippen molar-refractivity contribution < 1.29 is 23.9 Å². The topological polar surface area (TPSA) is 72.9 Å². The van der Waals surface area contributed by atoms with Crippen LogP contribution in [0.3, 0.4) is 0 Å². The lowest BCUT2D eigenvalue weighted by Crippen LogP contribution is -2.51. The fourth-order valence-corrected chi connectivity index (χ4v) is 1.49. The third-order valence-electron chi connectivity index (χ3n) is 2.18. The predicted octanol–water partition coefficient (Wildman–Crippen LogP) is 1.33. The highest BCUT2D eigenvalue weighted by Gasteiger charge is 2.37. The predicted molar refractivity (Wildman–Crippen MR) is 60.3 cm³/mol. The lowest BCUT2D eigenvalue weighted by molar-refractivity contribution is -0.144. The summed E-state index contributed by atoms with van der Waals surface area (Å²) in [6.07, 6.45) is -0.837. The van der Waals surface area contributed by atoms with Gasteiger partial charge in [-0.05, 0) is 20.8 Å². The molecule has 0 aliphatic heterocycles. The van der Waals surface area contributed by atoms with Gasteiger partial charge in [-0.1, -0.05) is 0 Å². The molecule has 0 aliphatic carbocycles. The molecule has 0 bridgehead atoms. The van der Waals surface area contributed by atoms with Crippen LogP contribution in [0.5, 0.6) is 0 Å². The Morgan fingerprint density at radius 1 is 1.24 bits per heavy atom. The van der Waals surface area contributed by atoms with E-state index in [0.29, 0.717) is 0 Å². The van der Waals surface area contributed by atoms with Gasteiger partial charge in [0.15, 0.2) is 0 Å². The van der Waals surface area contributed by atoms with E-state index >= 15 is 0 Å². The molecule has 0 fully saturated rings. The van der Waals surface area contributed by atoms with Crippen molar-refractivity contribution in [1.82, 2.24) is 4.90 Å². The van der Waals surface area contributed by atoms with Crippen molar-refractivity contribution in [3.63, 3.8) is 0 Å². The zero-order chi connectivity index (χ0) is 13.6. The molecule has 17 heavy (non-hydrogen) atoms. The van der Waals surface area contributed by atoms with Crippen molar-refractivity contribution in [3.05, 3.63) is 0 Å². The molecular weight excluding hydrogens is 226 g/mol. The van der Waals surface area contributed by atoms with Crippen molar-refractivity contribution >= 4 is 18.0 Å². The second kappa shape index (κ2) is 6.22. The number of esters is 1. The van der Waals surface area contributed by atoms with E-state index in [1.54, 1.807) is 20.8 Å². The highest BCUT2D eigenvalue weighted by Crippen LogP contribution is 2.21. The number of hydrogen-bond acceptors (Lipinski definition) is 5. The third kappa shape index (κ3) is 4.42. The summed E-state index contributed by atoms with van der Waals surface area (Å²) in [5.41, 5.74) is -0.981. The molecule has 6 heteroatoms. The van der Waals surface area contributed by atoms with Crippen molar-refractivity contribution in [2.75, 3.05) is 13.7 Å². The van der Waals surface area contributed by atoms with Gasteiger partial charge in [-0.15, -0.1) is 0 Å². The summed E-state index contributed by atoms with van der Waals surface area (Å²) in [6, 6.07) is 0. The Balaban J connectivity index is 4.97. The van der Waals surface area contributed by atoms with Crippen molar-refractivity contribution in [3.8, 4) is 0 Å². The quantitative estimate of drug-likeness (QED) is 0.699. The molecule has 0 heterocycles. The number of amides is 2. The van der Waals surface area contributed by atoms with Crippen LogP contribution in [0.15, 0.2) is 0 Å². The third-order valence-corrected chi connectivity index (χ3v) is 2.18. The van der Waals surface area contributed by atoms with Crippen molar-refractivity contribution in [2.24, 2.45) is 0 Å². The SMILES string of the molecule is CCOC(=O)N(C(C)=O)C(C)(C)CC(=O)OC. The number of carbonyl (C=O) groups is 3. The number of imide groups is 1. The summed E-state index contributed by atoms with van der Waals surface area (Å²) in [5.74, 6) is -0.970. The Bertz CT molecular complexity index is 311. The average Bonchev–Trinajstić information content (AvgIpc) is 2.15. The molecule has 0 aromatic rings. The second-order valence-corrected chi connectivity index (χ2v) is 4.12. The van der Waals surface area contributed by atoms with Gasteiger partial charge in [-0.2, -0.15) is 0 Å². The summed E-state index contributed by atoms with van der Waals surface area (Å²) in [5, 5.41) is 0. The molecule has 0 saturated carbocycles. The van der Waals surface area contributed by atoms with Crippen LogP contribution < -0.4 is 0 Å². The number of methoxy groups -OCH3 is 1. The van der Waals surface area contributed by atoms with Crippen LogP contribution in [0.2, 0.25) is 0 Å². The molecule has 0 spiro atoms. The van der Waals surface area contributed by atoms with E-state index in [0.717, 1.165) is 4.90 Å². The molecular formula is C11H19NO5. The van der Waals surface area contributed by atoms with E-state index in [1.807, 2.05) is 0 Å². The minimum Gasteiger partial charge on any atom is -0.469 e. The van der Waals surface area contributed by atoms with Gasteiger partial charge in [0.25, 0.3) is 0 Å². The number of ether oxygens (including phenoxy) is 2. The van der Waals surface area contributed by atoms with Gasteiger partial charge < -0.3 is 9.47 Å². The Hall–Kier alpha value is -1.59. The molecule has 0 aromatic heterocycles. The Kier molecular flexibility index (Phi) is 5.64. The summed E-state index contributed by atoms with van der Waals surface area (Å²) < 4.78 is 9.31. The van der Waals surface area contributed by atoms with Gasteiger partial charge in [0.2, 0.25) is 5.91 Å². The second-order valence-electron chi connectivity index (χ2n) is 4.12. The number of nitrogens with zero attached hydrogens (tertiary/aromatic N) is 1. The smallest absolute Gasteiger partial charge is 0.417 e. The summed E-state index contributed by atoms with van der Waals surface area (Å²) >= 11 is 0. The van der Waals surface area contributed by atoms with E-state index in [-0.39, 0.29) is 13.0 Å². The minimum atomic E-state index is -0.981. The first-order valence-corrected chi connectivity index (χ1v) is 5.30. The average molecular weight is 245 g/mol. The van der Waals surface area contributed by atoms with Crippen LogP contribution >= 0.6 is 0 Å². The molecule has 0 unspecified atom stereocenters. The standard InChI is InChI=1S/C11H19NO5/c1-6-17-10(15)12(8(2)13)11(3,4)7-9(14)16-5/h6-7H2,1-5H3. The minimum absolute atomic E-state index is 0.0815. The molecule has 0 aromatic carbocycles. The molecule has 6 nitrogen and oxygen atoms in total. The molecule has 0 saturated heterocycles. The van der Waals surface area contributed by atoms with Gasteiger partial charge >= 0.3 is 12.1 Å². The molecule has 2 amide bonds. The largest absolute Gasteiger partial charge is 0.469 e. The summed E-state index contributed by atoms with van der Waals surface area (Å²) in [7, 11) is 1.25. The first-order chi connectivity index (χ1) is 7.76. The van der Waals surface area contributed by atoms with Gasteiger partial charge in [0.05, 0.1) is 25.7 Å². The van der Waals surface area contributed by atoms with E-state index in [2.05, 4.69) is 4.74 Å². The maximum absolute atomic E-state index is 11.6. The Morgan fingerprint density at radius 3 is 2.12 bits per heavy atom. The lowest BCUT2D eigenvalue weighted by Gasteiger charge is -2.34. The first-order valence-electron chi connectivity index (χ1n) is 5.30. The molecule has 0 radical (unpaired) electrons. The zero-order valence-electron chi connectivity index (χ0n) is 10.9. The lowest BCUT2D eigenvalue weighted by atomic mass is 9.98. The maximum atomic E-state index is 11.6. The maximum Gasteiger partial charge on any atom is 0.417 e. The fourth-order valence-electron chi connectivity index (χ4n) is 1.49. The number of carbonyl (C=O) groups excluding carboxylic acids is 3. The van der Waals surface area contributed by atoms with Gasteiger partial charge in [0.1, 0.15) is 0 Å². The zero-order valence-corrected chi connectivity index (χ0v) is 10.9. The monoisotopic (exact) mass is 245 g/mol. The van der Waals surface area contributed by atoms with Crippen LogP contribution in [-0.2, 0) is 19.1 Å². The Labute approximate surface area is 101 Å². The normalized spacial score (nSPS) is 10.6. The van der Waals surface area contributed by atoms with E-state index < -0.39 is 23.5 Å². The fraction of sp³-hybridized carbons (Fsp3) is 0.727. The molecule has 0 rings (SSSR count). The molecule has 98 valence electrons. The Morgan fingerprint density at radius 2 is 1.76 bits per heavy atom. The number of rotatable bonds is 4. The highest BCUT2D eigenvalue weighted by atomic mass is 16.6. The van der Waals surface area contributed by atoms with Gasteiger partial charge in [-0.3, -0.25) is 9.59 Å². The van der Waals surface area contributed by atoms with Crippen LogP contribution in [-0.4, -0.2) is 42.1 Å². The summed E-state index contributed by atoms with van der Waals surface area (Å²) in [4.78, 5) is 35.2. The van der Waals surface area contributed by atoms with Gasteiger partial charge in [0, 0.05) is 6.92 Å². The van der Waals surface area contributed by atoms with E-state index in [9.17, 15) is 14.4 Å². The van der Waals surface area contributed by atoms with E-state index in [4.69, 9.17) is 4.74 Å². The first kappa shape index (κ1) is 15.4. The van der Waals surface area contributed by atoms with Crippen LogP contribution in [0, 0.1) is 0 Å².